The van der Waals surface area contributed by atoms with Crippen LogP contribution in [-0.4, -0.2) is 71.3 Å². The van der Waals surface area contributed by atoms with Crippen LogP contribution in [-0.2, 0) is 28.4 Å². The first-order chi connectivity index (χ1) is 31.6. The van der Waals surface area contributed by atoms with Gasteiger partial charge in [-0.3, -0.25) is 0 Å². The van der Waals surface area contributed by atoms with Crippen LogP contribution in [0.3, 0.4) is 0 Å². The molecular weight excluding hydrogens is 819 g/mol. The summed E-state index contributed by atoms with van der Waals surface area (Å²) in [5, 5.41) is 0. The van der Waals surface area contributed by atoms with Gasteiger partial charge < -0.3 is 33.3 Å². The molecule has 1 saturated heterocycles. The van der Waals surface area contributed by atoms with Crippen LogP contribution in [0.15, 0.2) is 94.6 Å². The second-order valence-corrected chi connectivity index (χ2v) is 22.4. The quantitative estimate of drug-likeness (QED) is 0.0662. The first-order valence-corrected chi connectivity index (χ1v) is 25.8. The van der Waals surface area contributed by atoms with Gasteiger partial charge in [-0.15, -0.1) is 13.0 Å². The van der Waals surface area contributed by atoms with E-state index in [0.29, 0.717) is 13.2 Å². The SMILES string of the molecule is C#CC1=C(CCC)C2(CC(C)(C)C[C@](C)(CC)C2)[C@H]2C3=C(OC(C4C=CC(OC)CC4)(C(C=C)C/C(=C(\C)OC)N4CCOCC4)CC3)[C@@H](C)C(/C=C(\C(=C)OC)[C@@H]3CC=C(OC)CC3)C12. The highest BCUT2D eigenvalue weighted by molar-refractivity contribution is 5.52. The largest absolute Gasteiger partial charge is 0.501 e. The fourth-order valence-corrected chi connectivity index (χ4v) is 15.2. The lowest BCUT2D eigenvalue weighted by Gasteiger charge is -2.60. The van der Waals surface area contributed by atoms with Crippen molar-refractivity contribution < 1.29 is 28.4 Å². The zero-order valence-electron chi connectivity index (χ0n) is 43.1. The number of morpholine rings is 1. The zero-order valence-corrected chi connectivity index (χ0v) is 43.1. The minimum Gasteiger partial charge on any atom is -0.501 e. The lowest BCUT2D eigenvalue weighted by molar-refractivity contribution is -0.117. The molecule has 7 rings (SSSR count). The number of nitrogens with zero attached hydrogens (tertiary/aromatic N) is 1. The fraction of sp³-hybridized carbons (Fsp3) is 0.695. The molecule has 7 nitrogen and oxygen atoms in total. The van der Waals surface area contributed by atoms with Crippen molar-refractivity contribution in [3.8, 4) is 12.3 Å². The van der Waals surface area contributed by atoms with Gasteiger partial charge in [-0.05, 0) is 111 Å². The summed E-state index contributed by atoms with van der Waals surface area (Å²) in [6, 6.07) is 0. The smallest absolute Gasteiger partial charge is 0.122 e. The van der Waals surface area contributed by atoms with Crippen molar-refractivity contribution in [3.63, 3.8) is 0 Å². The van der Waals surface area contributed by atoms with Crippen LogP contribution < -0.4 is 0 Å². The molecule has 2 heterocycles. The molecule has 0 aromatic heterocycles. The molecule has 11 atom stereocenters. The molecule has 1 saturated carbocycles. The maximum Gasteiger partial charge on any atom is 0.122 e. The number of rotatable bonds is 16. The van der Waals surface area contributed by atoms with Crippen molar-refractivity contribution in [1.29, 1.82) is 0 Å². The van der Waals surface area contributed by atoms with E-state index in [4.69, 9.17) is 34.8 Å². The van der Waals surface area contributed by atoms with Crippen molar-refractivity contribution in [1.82, 2.24) is 4.90 Å². The molecular formula is C59H87NO6. The van der Waals surface area contributed by atoms with E-state index in [9.17, 15) is 0 Å². The Balaban J connectivity index is 1.47. The Hall–Kier alpha value is -3.60. The molecule has 66 heavy (non-hydrogen) atoms. The van der Waals surface area contributed by atoms with Crippen molar-refractivity contribution in [2.24, 2.45) is 57.7 Å². The second kappa shape index (κ2) is 20.6. The molecule has 0 aromatic carbocycles. The minimum atomic E-state index is -0.537. The molecule has 0 amide bonds. The fourth-order valence-electron chi connectivity index (χ4n) is 15.2. The molecule has 5 aliphatic carbocycles. The summed E-state index contributed by atoms with van der Waals surface area (Å²) in [4.78, 5) is 2.48. The Morgan fingerprint density at radius 1 is 1.02 bits per heavy atom. The molecule has 0 bridgehead atoms. The third-order valence-corrected chi connectivity index (χ3v) is 18.0. The van der Waals surface area contributed by atoms with E-state index < -0.39 is 5.60 Å². The van der Waals surface area contributed by atoms with Crippen LogP contribution in [0.4, 0.5) is 0 Å². The number of hydrogen-bond donors (Lipinski definition) is 0. The highest BCUT2D eigenvalue weighted by atomic mass is 16.5. The Morgan fingerprint density at radius 2 is 1.77 bits per heavy atom. The highest BCUT2D eigenvalue weighted by Gasteiger charge is 2.65. The second-order valence-electron chi connectivity index (χ2n) is 22.4. The summed E-state index contributed by atoms with van der Waals surface area (Å²) in [6.07, 6.45) is 33.0. The number of allylic oxidation sites excluding steroid dienone is 10. The van der Waals surface area contributed by atoms with Crippen LogP contribution in [0.25, 0.3) is 0 Å². The van der Waals surface area contributed by atoms with Gasteiger partial charge in [-0.1, -0.05) is 96.8 Å². The van der Waals surface area contributed by atoms with Crippen molar-refractivity contribution >= 4 is 0 Å². The number of terminal acetylenes is 1. The van der Waals surface area contributed by atoms with E-state index in [1.807, 2.05) is 7.11 Å². The van der Waals surface area contributed by atoms with E-state index in [1.165, 1.54) is 34.6 Å². The lowest BCUT2D eigenvalue weighted by Crippen LogP contribution is -2.54. The first kappa shape index (κ1) is 50.3. The number of methoxy groups -OCH3 is 4. The molecule has 364 valence electrons. The summed E-state index contributed by atoms with van der Waals surface area (Å²) in [5.74, 6) is 8.50. The minimum absolute atomic E-state index is 0.0135. The third-order valence-electron chi connectivity index (χ3n) is 18.0. The van der Waals surface area contributed by atoms with Crippen molar-refractivity contribution in [2.45, 2.75) is 150 Å². The summed E-state index contributed by atoms with van der Waals surface area (Å²) in [5.41, 5.74) is 6.56. The average Bonchev–Trinajstić information content (AvgIpc) is 3.57. The predicted molar refractivity (Wildman–Crippen MR) is 269 cm³/mol. The summed E-state index contributed by atoms with van der Waals surface area (Å²) < 4.78 is 38.0. The topological polar surface area (TPSA) is 58.6 Å². The molecule has 0 aromatic rings. The van der Waals surface area contributed by atoms with Gasteiger partial charge in [0.15, 0.2) is 0 Å². The van der Waals surface area contributed by atoms with Crippen molar-refractivity contribution in [2.75, 3.05) is 54.7 Å². The Bertz CT molecular complexity index is 2040. The summed E-state index contributed by atoms with van der Waals surface area (Å²) >= 11 is 0. The van der Waals surface area contributed by atoms with E-state index in [0.717, 1.165) is 114 Å². The van der Waals surface area contributed by atoms with E-state index in [-0.39, 0.29) is 63.8 Å². The zero-order chi connectivity index (χ0) is 47.6. The Labute approximate surface area is 401 Å². The standard InChI is InChI=1S/C59H87NO6/c1-15-19-51-47(17-3)53-49(35-50(40(6)61-11)42-20-24-45(63-13)25-21-42)39(5)55-48(54(53)58(51)37-56(8,9)36-57(10,18-4)38-58)28-29-59(66-55,44-22-26-46(64-14)27-23-44)43(16-2)34-52(41(7)62-12)60-30-32-65-33-31-60/h3,16,22,24,26,35,39,42-44,46,49,53-54H,2,6,15,18-21,23,25,27-34,36-38H2,1,4-5,7-14H3/b50-35+,52-41-/t39-,42+,43?,44?,46?,49?,53?,54-,57-,58?,59?/m0/s1. The predicted octanol–water partition coefficient (Wildman–Crippen LogP) is 13.4. The Morgan fingerprint density at radius 3 is 2.35 bits per heavy atom. The number of fused-ring (bicyclic) bond motifs is 3. The summed E-state index contributed by atoms with van der Waals surface area (Å²) in [6.45, 7) is 29.3. The van der Waals surface area contributed by atoms with Crippen LogP contribution in [0.2, 0.25) is 0 Å². The molecule has 0 N–H and O–H groups in total. The maximum atomic E-state index is 8.29. The van der Waals surface area contributed by atoms with Gasteiger partial charge in [0.1, 0.15) is 17.1 Å². The number of hydrogen-bond acceptors (Lipinski definition) is 7. The first-order valence-electron chi connectivity index (χ1n) is 25.8. The van der Waals surface area contributed by atoms with Gasteiger partial charge in [-0.2, -0.15) is 0 Å². The number of ether oxygens (including phenoxy) is 6. The third kappa shape index (κ3) is 9.30. The van der Waals surface area contributed by atoms with Gasteiger partial charge in [0.25, 0.3) is 0 Å². The van der Waals surface area contributed by atoms with Crippen LogP contribution in [0.1, 0.15) is 138 Å². The molecule has 7 aliphatic rings. The van der Waals surface area contributed by atoms with Crippen LogP contribution >= 0.6 is 0 Å². The van der Waals surface area contributed by atoms with Crippen LogP contribution in [0.5, 0.6) is 0 Å². The van der Waals surface area contributed by atoms with Gasteiger partial charge in [0, 0.05) is 73.6 Å². The maximum absolute atomic E-state index is 8.29. The van der Waals surface area contributed by atoms with Gasteiger partial charge in [0.2, 0.25) is 0 Å². The molecule has 2 fully saturated rings. The van der Waals surface area contributed by atoms with E-state index in [2.05, 4.69) is 103 Å². The molecule has 1 spiro atoms. The van der Waals surface area contributed by atoms with Gasteiger partial charge in [0.05, 0.1) is 57.9 Å². The highest BCUT2D eigenvalue weighted by Crippen LogP contribution is 2.73. The molecule has 7 heteroatoms. The summed E-state index contributed by atoms with van der Waals surface area (Å²) in [7, 11) is 7.20. The molecule has 2 aliphatic heterocycles. The van der Waals surface area contributed by atoms with E-state index >= 15 is 0 Å². The van der Waals surface area contributed by atoms with Gasteiger partial charge >= 0.3 is 0 Å². The van der Waals surface area contributed by atoms with Crippen molar-refractivity contribution in [3.05, 3.63) is 94.6 Å². The Kier molecular flexibility index (Phi) is 15.7. The van der Waals surface area contributed by atoms with Gasteiger partial charge in [-0.25, -0.2) is 0 Å². The monoisotopic (exact) mass is 906 g/mol. The normalized spacial score (nSPS) is 36.3. The lowest BCUT2D eigenvalue weighted by atomic mass is 9.46. The average molecular weight is 906 g/mol. The molecule has 0 radical (unpaired) electrons. The van der Waals surface area contributed by atoms with E-state index in [1.54, 1.807) is 26.9 Å². The molecule has 7 unspecified atom stereocenters. The van der Waals surface area contributed by atoms with Crippen LogP contribution in [0, 0.1) is 70.0 Å².